The van der Waals surface area contributed by atoms with Gasteiger partial charge < -0.3 is 15.2 Å². The van der Waals surface area contributed by atoms with Gasteiger partial charge in [-0.3, -0.25) is 14.3 Å². The molecule has 1 unspecified atom stereocenters. The molecule has 1 aromatic carbocycles. The fourth-order valence-electron chi connectivity index (χ4n) is 3.87. The molecule has 1 aliphatic heterocycles. The second-order valence-electron chi connectivity index (χ2n) is 7.65. The Labute approximate surface area is 168 Å². The zero-order valence-corrected chi connectivity index (χ0v) is 16.8. The Morgan fingerprint density at radius 2 is 2.10 bits per heavy atom. The number of aryl methyl sites for hydroxylation is 3. The first-order chi connectivity index (χ1) is 14.0. The molecule has 0 radical (unpaired) electrons. The molecular formula is C21H26N6O2. The lowest BCUT2D eigenvalue weighted by molar-refractivity contribution is -0.121. The average molecular weight is 394 g/mol. The van der Waals surface area contributed by atoms with Crippen LogP contribution in [0.15, 0.2) is 35.3 Å². The van der Waals surface area contributed by atoms with Gasteiger partial charge in [0.25, 0.3) is 5.56 Å². The predicted octanol–water partition coefficient (Wildman–Crippen LogP) is 1.68. The van der Waals surface area contributed by atoms with Crippen molar-refractivity contribution in [3.8, 4) is 0 Å². The molecule has 1 saturated heterocycles. The Hall–Kier alpha value is -3.16. The van der Waals surface area contributed by atoms with Crippen LogP contribution in [0.1, 0.15) is 30.7 Å². The molecule has 0 aliphatic carbocycles. The molecule has 2 N–H and O–H groups in total. The summed E-state index contributed by atoms with van der Waals surface area (Å²) in [6.07, 6.45) is 4.36. The van der Waals surface area contributed by atoms with E-state index in [1.165, 1.54) is 17.4 Å². The van der Waals surface area contributed by atoms with Gasteiger partial charge in [0, 0.05) is 44.7 Å². The van der Waals surface area contributed by atoms with Crippen molar-refractivity contribution in [2.24, 2.45) is 7.05 Å². The molecule has 0 bridgehead atoms. The van der Waals surface area contributed by atoms with Crippen LogP contribution >= 0.6 is 0 Å². The van der Waals surface area contributed by atoms with Crippen LogP contribution in [-0.2, 0) is 18.3 Å². The SMILES string of the molecule is Cc1ccc(N2CCCC2CNC(=O)CCc2nc3c(cnn3C)c(=O)[nH]2)cc1. The van der Waals surface area contributed by atoms with Crippen molar-refractivity contribution in [2.45, 2.75) is 38.6 Å². The summed E-state index contributed by atoms with van der Waals surface area (Å²) in [5, 5.41) is 7.56. The summed E-state index contributed by atoms with van der Waals surface area (Å²) < 4.78 is 1.56. The lowest BCUT2D eigenvalue weighted by Crippen LogP contribution is -2.40. The number of carbonyl (C=O) groups is 1. The number of hydrogen-bond acceptors (Lipinski definition) is 5. The van der Waals surface area contributed by atoms with Crippen molar-refractivity contribution in [1.29, 1.82) is 0 Å². The first kappa shape index (κ1) is 19.2. The van der Waals surface area contributed by atoms with Crippen molar-refractivity contribution < 1.29 is 4.79 Å². The number of aromatic nitrogens is 4. The first-order valence-electron chi connectivity index (χ1n) is 10.0. The maximum atomic E-state index is 12.4. The van der Waals surface area contributed by atoms with Crippen LogP contribution in [0.3, 0.4) is 0 Å². The molecule has 1 atom stereocenters. The molecule has 152 valence electrons. The zero-order chi connectivity index (χ0) is 20.4. The summed E-state index contributed by atoms with van der Waals surface area (Å²) in [7, 11) is 1.74. The fourth-order valence-corrected chi connectivity index (χ4v) is 3.87. The molecular weight excluding hydrogens is 368 g/mol. The number of anilines is 1. The highest BCUT2D eigenvalue weighted by Crippen LogP contribution is 2.25. The molecule has 4 rings (SSSR count). The van der Waals surface area contributed by atoms with Crippen LogP contribution in [-0.4, -0.2) is 44.8 Å². The minimum absolute atomic E-state index is 0.0338. The molecule has 0 spiro atoms. The number of aromatic amines is 1. The largest absolute Gasteiger partial charge is 0.367 e. The highest BCUT2D eigenvalue weighted by Gasteiger charge is 2.25. The quantitative estimate of drug-likeness (QED) is 0.663. The number of nitrogens with one attached hydrogen (secondary N) is 2. The molecule has 1 aliphatic rings. The molecule has 3 heterocycles. The van der Waals surface area contributed by atoms with Gasteiger partial charge in [-0.2, -0.15) is 5.10 Å². The van der Waals surface area contributed by atoms with Crippen LogP contribution < -0.4 is 15.8 Å². The predicted molar refractivity (Wildman–Crippen MR) is 112 cm³/mol. The van der Waals surface area contributed by atoms with E-state index in [0.717, 1.165) is 19.4 Å². The Morgan fingerprint density at radius 1 is 1.31 bits per heavy atom. The van der Waals surface area contributed by atoms with E-state index in [2.05, 4.69) is 56.5 Å². The van der Waals surface area contributed by atoms with Crippen LogP contribution in [0.4, 0.5) is 5.69 Å². The van der Waals surface area contributed by atoms with Crippen molar-refractivity contribution in [2.75, 3.05) is 18.0 Å². The second kappa shape index (κ2) is 8.06. The Kier molecular flexibility index (Phi) is 5.33. The number of nitrogens with zero attached hydrogens (tertiary/aromatic N) is 4. The van der Waals surface area contributed by atoms with E-state index in [1.54, 1.807) is 11.7 Å². The van der Waals surface area contributed by atoms with Gasteiger partial charge in [0.15, 0.2) is 5.65 Å². The molecule has 29 heavy (non-hydrogen) atoms. The number of rotatable bonds is 6. The van der Waals surface area contributed by atoms with Gasteiger partial charge in [0.05, 0.1) is 6.20 Å². The normalized spacial score (nSPS) is 16.5. The third kappa shape index (κ3) is 4.16. The number of carbonyl (C=O) groups excluding carboxylic acids is 1. The van der Waals surface area contributed by atoms with E-state index >= 15 is 0 Å². The molecule has 0 saturated carbocycles. The zero-order valence-electron chi connectivity index (χ0n) is 16.8. The molecule has 8 nitrogen and oxygen atoms in total. The lowest BCUT2D eigenvalue weighted by Gasteiger charge is -2.27. The maximum Gasteiger partial charge on any atom is 0.262 e. The minimum Gasteiger partial charge on any atom is -0.367 e. The van der Waals surface area contributed by atoms with Crippen LogP contribution in [0, 0.1) is 6.92 Å². The standard InChI is InChI=1S/C21H26N6O2/c1-14-5-7-15(8-6-14)27-11-3-4-16(27)12-22-19(28)10-9-18-24-20-17(21(29)25-18)13-23-26(20)2/h5-8,13,16H,3-4,9-12H2,1-2H3,(H,22,28)(H,24,25,29). The number of amides is 1. The lowest BCUT2D eigenvalue weighted by atomic mass is 10.1. The topological polar surface area (TPSA) is 95.9 Å². The third-order valence-corrected chi connectivity index (χ3v) is 5.52. The molecule has 1 amide bonds. The highest BCUT2D eigenvalue weighted by molar-refractivity contribution is 5.76. The maximum absolute atomic E-state index is 12.4. The van der Waals surface area contributed by atoms with Gasteiger partial charge in [-0.15, -0.1) is 0 Å². The third-order valence-electron chi connectivity index (χ3n) is 5.52. The molecule has 3 aromatic rings. The Balaban J connectivity index is 1.32. The number of H-pyrrole nitrogens is 1. The summed E-state index contributed by atoms with van der Waals surface area (Å²) >= 11 is 0. The molecule has 8 heteroatoms. The van der Waals surface area contributed by atoms with Crippen molar-refractivity contribution in [1.82, 2.24) is 25.1 Å². The summed E-state index contributed by atoms with van der Waals surface area (Å²) in [5.74, 6) is 0.469. The van der Waals surface area contributed by atoms with Gasteiger partial charge in [0.1, 0.15) is 11.2 Å². The van der Waals surface area contributed by atoms with Crippen molar-refractivity contribution >= 4 is 22.6 Å². The van der Waals surface area contributed by atoms with E-state index < -0.39 is 0 Å². The fraction of sp³-hybridized carbons (Fsp3) is 0.429. The van der Waals surface area contributed by atoms with Crippen molar-refractivity contribution in [3.63, 3.8) is 0 Å². The second-order valence-corrected chi connectivity index (χ2v) is 7.65. The summed E-state index contributed by atoms with van der Waals surface area (Å²) in [4.78, 5) is 34.0. The highest BCUT2D eigenvalue weighted by atomic mass is 16.1. The van der Waals surface area contributed by atoms with E-state index in [1.807, 2.05) is 0 Å². The minimum atomic E-state index is -0.224. The van der Waals surface area contributed by atoms with Gasteiger partial charge in [-0.1, -0.05) is 17.7 Å². The van der Waals surface area contributed by atoms with E-state index in [0.29, 0.717) is 35.9 Å². The monoisotopic (exact) mass is 394 g/mol. The summed E-state index contributed by atoms with van der Waals surface area (Å²) in [5.41, 5.74) is 2.76. The molecule has 1 fully saturated rings. The van der Waals surface area contributed by atoms with Gasteiger partial charge >= 0.3 is 0 Å². The van der Waals surface area contributed by atoms with Gasteiger partial charge in [0.2, 0.25) is 5.91 Å². The van der Waals surface area contributed by atoms with Crippen LogP contribution in [0.25, 0.3) is 11.0 Å². The smallest absolute Gasteiger partial charge is 0.262 e. The summed E-state index contributed by atoms with van der Waals surface area (Å²) in [6, 6.07) is 8.84. The average Bonchev–Trinajstić information content (AvgIpc) is 3.33. The van der Waals surface area contributed by atoms with Gasteiger partial charge in [-0.25, -0.2) is 4.98 Å². The molecule has 2 aromatic heterocycles. The Bertz CT molecular complexity index is 1070. The van der Waals surface area contributed by atoms with E-state index in [-0.39, 0.29) is 17.9 Å². The number of hydrogen-bond donors (Lipinski definition) is 2. The Morgan fingerprint density at radius 3 is 2.90 bits per heavy atom. The summed E-state index contributed by atoms with van der Waals surface area (Å²) in [6.45, 7) is 3.72. The van der Waals surface area contributed by atoms with E-state index in [4.69, 9.17) is 0 Å². The van der Waals surface area contributed by atoms with Crippen LogP contribution in [0.2, 0.25) is 0 Å². The van der Waals surface area contributed by atoms with Gasteiger partial charge in [-0.05, 0) is 31.9 Å². The van der Waals surface area contributed by atoms with Crippen molar-refractivity contribution in [3.05, 3.63) is 52.2 Å². The van der Waals surface area contributed by atoms with E-state index in [9.17, 15) is 9.59 Å². The number of fused-ring (bicyclic) bond motifs is 1. The first-order valence-corrected chi connectivity index (χ1v) is 10.0. The number of benzene rings is 1. The van der Waals surface area contributed by atoms with Crippen LogP contribution in [0.5, 0.6) is 0 Å².